The maximum Gasteiger partial charge on any atom is 0.270 e. The molecule has 3 heterocycles. The molecule has 0 N–H and O–H groups in total. The van der Waals surface area contributed by atoms with Gasteiger partial charge in [-0.2, -0.15) is 0 Å². The summed E-state index contributed by atoms with van der Waals surface area (Å²) in [5.74, 6) is -0.0240. The third kappa shape index (κ3) is 5.05. The Bertz CT molecular complexity index is 959. The van der Waals surface area contributed by atoms with Gasteiger partial charge in [0.1, 0.15) is 0 Å². The lowest BCUT2D eigenvalue weighted by Gasteiger charge is -2.29. The minimum atomic E-state index is -0.0240. The number of hydrogen-bond acceptors (Lipinski definition) is 6. The summed E-state index contributed by atoms with van der Waals surface area (Å²) in [5.41, 5.74) is 0.857. The van der Waals surface area contributed by atoms with Crippen LogP contribution in [-0.2, 0) is 4.74 Å². The predicted octanol–water partition coefficient (Wildman–Crippen LogP) is 5.17. The zero-order chi connectivity index (χ0) is 18.8. The second-order valence-electron chi connectivity index (χ2n) is 6.12. The van der Waals surface area contributed by atoms with E-state index in [0.29, 0.717) is 21.6 Å². The number of halogens is 3. The van der Waals surface area contributed by atoms with E-state index in [-0.39, 0.29) is 18.3 Å². The first-order valence-corrected chi connectivity index (χ1v) is 11.3. The standard InChI is InChI=1S/C18H17BrClN3O2S2.ClH/c19-16-4-3-14(26-16)17(24)23(6-5-22-7-9-25-10-8-22)18-21-13-2-1-12(20)11-15(13)27-18;/h1-4,11H,5-10H2;1H. The molecule has 28 heavy (non-hydrogen) atoms. The molecule has 0 atom stereocenters. The molecule has 10 heteroatoms. The third-order valence-corrected chi connectivity index (χ3v) is 7.23. The van der Waals surface area contributed by atoms with Crippen molar-refractivity contribution >= 4 is 83.9 Å². The number of anilines is 1. The van der Waals surface area contributed by atoms with Crippen molar-refractivity contribution in [2.24, 2.45) is 0 Å². The Labute approximate surface area is 190 Å². The van der Waals surface area contributed by atoms with Gasteiger partial charge < -0.3 is 4.74 Å². The molecule has 4 rings (SSSR count). The molecule has 5 nitrogen and oxygen atoms in total. The summed E-state index contributed by atoms with van der Waals surface area (Å²) in [4.78, 5) is 22.7. The maximum absolute atomic E-state index is 13.2. The molecule has 0 aliphatic carbocycles. The molecule has 0 spiro atoms. The molecule has 1 saturated heterocycles. The van der Waals surface area contributed by atoms with Gasteiger partial charge in [-0.1, -0.05) is 22.9 Å². The van der Waals surface area contributed by atoms with Crippen molar-refractivity contribution in [3.8, 4) is 0 Å². The van der Waals surface area contributed by atoms with Crippen LogP contribution >= 0.6 is 62.6 Å². The van der Waals surface area contributed by atoms with E-state index in [0.717, 1.165) is 46.9 Å². The van der Waals surface area contributed by atoms with E-state index >= 15 is 0 Å². The predicted molar refractivity (Wildman–Crippen MR) is 123 cm³/mol. The number of nitrogens with zero attached hydrogens (tertiary/aromatic N) is 3. The highest BCUT2D eigenvalue weighted by Gasteiger charge is 2.24. The van der Waals surface area contributed by atoms with Gasteiger partial charge in [0.25, 0.3) is 5.91 Å². The van der Waals surface area contributed by atoms with Gasteiger partial charge in [-0.3, -0.25) is 14.6 Å². The normalized spacial score (nSPS) is 14.8. The van der Waals surface area contributed by atoms with Gasteiger partial charge in [-0.15, -0.1) is 23.7 Å². The highest BCUT2D eigenvalue weighted by molar-refractivity contribution is 9.11. The van der Waals surface area contributed by atoms with Crippen LogP contribution < -0.4 is 4.90 Å². The van der Waals surface area contributed by atoms with Gasteiger partial charge in [0, 0.05) is 31.2 Å². The first kappa shape index (κ1) is 22.0. The van der Waals surface area contributed by atoms with E-state index in [1.165, 1.54) is 22.7 Å². The number of rotatable bonds is 5. The van der Waals surface area contributed by atoms with Crippen LogP contribution in [0.1, 0.15) is 9.67 Å². The number of morpholine rings is 1. The van der Waals surface area contributed by atoms with E-state index in [1.54, 1.807) is 4.90 Å². The minimum Gasteiger partial charge on any atom is -0.379 e. The monoisotopic (exact) mass is 521 g/mol. The van der Waals surface area contributed by atoms with E-state index in [2.05, 4.69) is 25.8 Å². The summed E-state index contributed by atoms with van der Waals surface area (Å²) in [6.45, 7) is 4.64. The van der Waals surface area contributed by atoms with E-state index in [9.17, 15) is 4.79 Å². The van der Waals surface area contributed by atoms with E-state index in [4.69, 9.17) is 16.3 Å². The van der Waals surface area contributed by atoms with Gasteiger partial charge in [0.15, 0.2) is 5.13 Å². The molecule has 150 valence electrons. The molecule has 1 aliphatic rings. The lowest BCUT2D eigenvalue weighted by atomic mass is 10.3. The fourth-order valence-corrected chi connectivity index (χ4v) is 5.52. The lowest BCUT2D eigenvalue weighted by molar-refractivity contribution is 0.0391. The highest BCUT2D eigenvalue weighted by atomic mass is 79.9. The first-order valence-electron chi connectivity index (χ1n) is 8.53. The Balaban J connectivity index is 0.00000225. The Morgan fingerprint density at radius 1 is 1.25 bits per heavy atom. The lowest BCUT2D eigenvalue weighted by Crippen LogP contribution is -2.43. The zero-order valence-electron chi connectivity index (χ0n) is 14.8. The van der Waals surface area contributed by atoms with Crippen molar-refractivity contribution in [3.05, 3.63) is 44.0 Å². The summed E-state index contributed by atoms with van der Waals surface area (Å²) in [5, 5.41) is 1.38. The summed E-state index contributed by atoms with van der Waals surface area (Å²) in [7, 11) is 0. The summed E-state index contributed by atoms with van der Waals surface area (Å²) in [6.07, 6.45) is 0. The number of amides is 1. The maximum atomic E-state index is 13.2. The topological polar surface area (TPSA) is 45.7 Å². The number of hydrogen-bond donors (Lipinski definition) is 0. The quantitative estimate of drug-likeness (QED) is 0.463. The van der Waals surface area contributed by atoms with Crippen LogP contribution in [0.3, 0.4) is 0 Å². The van der Waals surface area contributed by atoms with Gasteiger partial charge in [0.2, 0.25) is 0 Å². The van der Waals surface area contributed by atoms with Crippen LogP contribution in [0.2, 0.25) is 5.02 Å². The van der Waals surface area contributed by atoms with Crippen LogP contribution in [0.5, 0.6) is 0 Å². The van der Waals surface area contributed by atoms with Gasteiger partial charge in [0.05, 0.1) is 32.1 Å². The molecule has 0 saturated carbocycles. The largest absolute Gasteiger partial charge is 0.379 e. The zero-order valence-corrected chi connectivity index (χ0v) is 19.6. The van der Waals surface area contributed by atoms with Gasteiger partial charge in [-0.25, -0.2) is 4.98 Å². The van der Waals surface area contributed by atoms with Crippen molar-refractivity contribution in [1.29, 1.82) is 0 Å². The van der Waals surface area contributed by atoms with Crippen LogP contribution in [0.4, 0.5) is 5.13 Å². The third-order valence-electron chi connectivity index (χ3n) is 4.34. The fraction of sp³-hybridized carbons (Fsp3) is 0.333. The number of benzene rings is 1. The molecule has 2 aromatic heterocycles. The Hall–Kier alpha value is -0.740. The SMILES string of the molecule is Cl.O=C(c1ccc(Br)s1)N(CCN1CCOCC1)c1nc2ccc(Cl)cc2s1. The number of ether oxygens (including phenoxy) is 1. The van der Waals surface area contributed by atoms with Crippen molar-refractivity contribution in [3.63, 3.8) is 0 Å². The molecule has 0 unspecified atom stereocenters. The van der Waals surface area contributed by atoms with Gasteiger partial charge in [-0.05, 0) is 46.3 Å². The Morgan fingerprint density at radius 3 is 2.75 bits per heavy atom. The molecule has 0 bridgehead atoms. The molecule has 1 aliphatic heterocycles. The van der Waals surface area contributed by atoms with Crippen molar-refractivity contribution in [2.45, 2.75) is 0 Å². The smallest absolute Gasteiger partial charge is 0.270 e. The summed E-state index contributed by atoms with van der Waals surface area (Å²) < 4.78 is 7.33. The first-order chi connectivity index (χ1) is 13.1. The van der Waals surface area contributed by atoms with Crippen LogP contribution in [0.25, 0.3) is 10.2 Å². The second-order valence-corrected chi connectivity index (χ2v) is 10.0. The average molecular weight is 523 g/mol. The van der Waals surface area contributed by atoms with E-state index in [1.807, 2.05) is 30.3 Å². The fourth-order valence-electron chi connectivity index (χ4n) is 2.91. The number of aromatic nitrogens is 1. The average Bonchev–Trinajstić information content (AvgIpc) is 3.28. The van der Waals surface area contributed by atoms with Crippen molar-refractivity contribution < 1.29 is 9.53 Å². The molecular formula is C18H18BrCl2N3O2S2. The van der Waals surface area contributed by atoms with Crippen molar-refractivity contribution in [2.75, 3.05) is 44.3 Å². The van der Waals surface area contributed by atoms with Crippen LogP contribution in [-0.4, -0.2) is 55.2 Å². The molecule has 1 aromatic carbocycles. The molecule has 0 radical (unpaired) electrons. The van der Waals surface area contributed by atoms with Crippen LogP contribution in [0.15, 0.2) is 34.1 Å². The number of thiazole rings is 1. The van der Waals surface area contributed by atoms with Gasteiger partial charge >= 0.3 is 0 Å². The molecule has 3 aromatic rings. The van der Waals surface area contributed by atoms with E-state index < -0.39 is 0 Å². The van der Waals surface area contributed by atoms with Crippen LogP contribution in [0, 0.1) is 0 Å². The Morgan fingerprint density at radius 2 is 2.04 bits per heavy atom. The minimum absolute atomic E-state index is 0. The molecule has 1 amide bonds. The Kier molecular flexibility index (Phi) is 7.72. The summed E-state index contributed by atoms with van der Waals surface area (Å²) >= 11 is 12.5. The number of carbonyl (C=O) groups is 1. The molecular weight excluding hydrogens is 505 g/mol. The summed E-state index contributed by atoms with van der Waals surface area (Å²) in [6, 6.07) is 9.36. The number of carbonyl (C=O) groups excluding carboxylic acids is 1. The number of fused-ring (bicyclic) bond motifs is 1. The molecule has 1 fully saturated rings. The highest BCUT2D eigenvalue weighted by Crippen LogP contribution is 2.32. The number of thiophene rings is 1. The second kappa shape index (κ2) is 9.84. The van der Waals surface area contributed by atoms with Crippen molar-refractivity contribution in [1.82, 2.24) is 9.88 Å².